The second kappa shape index (κ2) is 5.67. The van der Waals surface area contributed by atoms with E-state index in [2.05, 4.69) is 6.07 Å². The quantitative estimate of drug-likeness (QED) is 0.873. The molecule has 1 aromatic carbocycles. The second-order valence-corrected chi connectivity index (χ2v) is 7.05. The third kappa shape index (κ3) is 2.57. The maximum absolute atomic E-state index is 14.1. The molecule has 118 valence electrons. The minimum atomic E-state index is -0.503. The Morgan fingerprint density at radius 1 is 1.39 bits per heavy atom. The number of hydrogen-bond donors (Lipinski definition) is 1. The molecule has 4 nitrogen and oxygen atoms in total. The van der Waals surface area contributed by atoms with Gasteiger partial charge in [0.2, 0.25) is 0 Å². The van der Waals surface area contributed by atoms with Crippen LogP contribution in [-0.4, -0.2) is 22.5 Å². The molecule has 0 spiro atoms. The van der Waals surface area contributed by atoms with Crippen LogP contribution < -0.4 is 0 Å². The average Bonchev–Trinajstić information content (AvgIpc) is 2.79. The van der Waals surface area contributed by atoms with Gasteiger partial charge in [0.25, 0.3) is 5.91 Å². The molecular weight excluding hydrogens is 315 g/mol. The molecule has 3 rings (SSSR count). The van der Waals surface area contributed by atoms with Crippen molar-refractivity contribution in [3.63, 3.8) is 0 Å². The molecule has 1 amide bonds. The van der Waals surface area contributed by atoms with Crippen molar-refractivity contribution in [2.75, 3.05) is 6.54 Å². The number of thiophene rings is 1. The van der Waals surface area contributed by atoms with E-state index in [1.54, 1.807) is 11.0 Å². The van der Waals surface area contributed by atoms with Gasteiger partial charge in [0.1, 0.15) is 17.6 Å². The highest BCUT2D eigenvalue weighted by atomic mass is 32.1. The highest BCUT2D eigenvalue weighted by molar-refractivity contribution is 7.12. The van der Waals surface area contributed by atoms with Gasteiger partial charge in [-0.25, -0.2) is 4.39 Å². The summed E-state index contributed by atoms with van der Waals surface area (Å²) in [7, 11) is 0. The summed E-state index contributed by atoms with van der Waals surface area (Å²) in [6, 6.07) is 4.70. The van der Waals surface area contributed by atoms with Crippen molar-refractivity contribution >= 4 is 17.2 Å². The lowest BCUT2D eigenvalue weighted by Gasteiger charge is -2.29. The number of hydrogen-bond acceptors (Lipinski definition) is 4. The molecule has 0 atom stereocenters. The summed E-state index contributed by atoms with van der Waals surface area (Å²) in [5, 5.41) is 18.8. The van der Waals surface area contributed by atoms with Gasteiger partial charge in [-0.3, -0.25) is 4.79 Å². The molecule has 6 heteroatoms. The number of phenols is 1. The van der Waals surface area contributed by atoms with Gasteiger partial charge >= 0.3 is 0 Å². The Bertz CT molecular complexity index is 851. The molecule has 0 unspecified atom stereocenters. The van der Waals surface area contributed by atoms with Gasteiger partial charge in [-0.1, -0.05) is 0 Å². The van der Waals surface area contributed by atoms with Crippen molar-refractivity contribution in [3.05, 3.63) is 50.0 Å². The van der Waals surface area contributed by atoms with Gasteiger partial charge in [-0.2, -0.15) is 5.26 Å². The fourth-order valence-corrected chi connectivity index (χ4v) is 4.01. The highest BCUT2D eigenvalue weighted by Gasteiger charge is 2.28. The number of carbonyl (C=O) groups excluding carboxylic acids is 1. The van der Waals surface area contributed by atoms with E-state index >= 15 is 0 Å². The molecule has 1 aliphatic heterocycles. The van der Waals surface area contributed by atoms with Crippen LogP contribution in [0.1, 0.15) is 36.8 Å². The zero-order valence-corrected chi connectivity index (χ0v) is 13.6. The zero-order chi connectivity index (χ0) is 16.7. The second-order valence-electron chi connectivity index (χ2n) is 5.62. The molecule has 0 fully saturated rings. The fraction of sp³-hybridized carbons (Fsp3) is 0.294. The van der Waals surface area contributed by atoms with Gasteiger partial charge in [-0.15, -0.1) is 11.3 Å². The average molecular weight is 330 g/mol. The standard InChI is InChI=1S/C17H15FN2O2S/c1-9-13(7-19)16(10(2)23-9)17(22)20-4-3-11-5-12(21)6-15(18)14(11)8-20/h5-6,21H,3-4,8H2,1-2H3. The lowest BCUT2D eigenvalue weighted by molar-refractivity contribution is 0.0732. The van der Waals surface area contributed by atoms with Crippen molar-refractivity contribution < 1.29 is 14.3 Å². The van der Waals surface area contributed by atoms with Crippen LogP contribution in [0.4, 0.5) is 4.39 Å². The van der Waals surface area contributed by atoms with E-state index in [9.17, 15) is 19.6 Å². The van der Waals surface area contributed by atoms with E-state index in [4.69, 9.17) is 0 Å². The Balaban J connectivity index is 1.96. The summed E-state index contributed by atoms with van der Waals surface area (Å²) < 4.78 is 14.1. The first-order valence-electron chi connectivity index (χ1n) is 7.22. The first kappa shape index (κ1) is 15.5. The van der Waals surface area contributed by atoms with Gasteiger partial charge in [0.05, 0.1) is 11.1 Å². The number of phenolic OH excluding ortho intramolecular Hbond substituents is 1. The maximum atomic E-state index is 14.1. The summed E-state index contributed by atoms with van der Waals surface area (Å²) in [6.07, 6.45) is 0.483. The number of amides is 1. The summed E-state index contributed by atoms with van der Waals surface area (Å²) >= 11 is 1.43. The molecular formula is C17H15FN2O2S. The molecule has 2 heterocycles. The molecule has 23 heavy (non-hydrogen) atoms. The number of aromatic hydroxyl groups is 1. The predicted molar refractivity (Wildman–Crippen MR) is 85.0 cm³/mol. The Morgan fingerprint density at radius 3 is 2.83 bits per heavy atom. The van der Waals surface area contributed by atoms with Crippen molar-refractivity contribution in [2.24, 2.45) is 0 Å². The van der Waals surface area contributed by atoms with E-state index < -0.39 is 5.82 Å². The van der Waals surface area contributed by atoms with Crippen LogP contribution in [0.2, 0.25) is 0 Å². The first-order chi connectivity index (χ1) is 10.9. The number of rotatable bonds is 1. The van der Waals surface area contributed by atoms with E-state index in [0.29, 0.717) is 29.7 Å². The number of nitriles is 1. The van der Waals surface area contributed by atoms with E-state index in [1.807, 2.05) is 13.8 Å². The van der Waals surface area contributed by atoms with Crippen molar-refractivity contribution in [2.45, 2.75) is 26.8 Å². The number of nitrogens with zero attached hydrogens (tertiary/aromatic N) is 2. The predicted octanol–water partition coefficient (Wildman–Crippen LogP) is 3.28. The normalized spacial score (nSPS) is 13.6. The van der Waals surface area contributed by atoms with Crippen LogP contribution in [0.3, 0.4) is 0 Å². The van der Waals surface area contributed by atoms with Gasteiger partial charge < -0.3 is 10.0 Å². The van der Waals surface area contributed by atoms with Crippen LogP contribution in [0, 0.1) is 31.0 Å². The molecule has 0 aliphatic carbocycles. The van der Waals surface area contributed by atoms with E-state index in [-0.39, 0.29) is 18.2 Å². The molecule has 1 aromatic heterocycles. The van der Waals surface area contributed by atoms with Crippen molar-refractivity contribution in [1.29, 1.82) is 5.26 Å². The largest absolute Gasteiger partial charge is 0.508 e. The number of carbonyl (C=O) groups is 1. The van der Waals surface area contributed by atoms with Crippen LogP contribution in [0.25, 0.3) is 0 Å². The minimum absolute atomic E-state index is 0.0999. The zero-order valence-electron chi connectivity index (χ0n) is 12.8. The Morgan fingerprint density at radius 2 is 2.13 bits per heavy atom. The number of halogens is 1. The molecule has 1 aliphatic rings. The van der Waals surface area contributed by atoms with Crippen molar-refractivity contribution in [3.8, 4) is 11.8 Å². The molecule has 0 radical (unpaired) electrons. The Hall–Kier alpha value is -2.39. The van der Waals surface area contributed by atoms with Crippen LogP contribution in [-0.2, 0) is 13.0 Å². The topological polar surface area (TPSA) is 64.3 Å². The third-order valence-corrected chi connectivity index (χ3v) is 5.17. The number of fused-ring (bicyclic) bond motifs is 1. The van der Waals surface area contributed by atoms with Gasteiger partial charge in [0, 0.05) is 34.5 Å². The SMILES string of the molecule is Cc1sc(C)c(C(=O)N2CCc3cc(O)cc(F)c3C2)c1C#N. The molecule has 2 aromatic rings. The van der Waals surface area contributed by atoms with Crippen molar-refractivity contribution in [1.82, 2.24) is 4.90 Å². The minimum Gasteiger partial charge on any atom is -0.508 e. The molecule has 0 saturated heterocycles. The van der Waals surface area contributed by atoms with Gasteiger partial charge in [0.15, 0.2) is 0 Å². The van der Waals surface area contributed by atoms with Crippen LogP contribution in [0.15, 0.2) is 12.1 Å². The summed E-state index contributed by atoms with van der Waals surface area (Å²) in [6.45, 7) is 4.23. The third-order valence-electron chi connectivity index (χ3n) is 4.15. The van der Waals surface area contributed by atoms with Crippen LogP contribution >= 0.6 is 11.3 Å². The monoisotopic (exact) mass is 330 g/mol. The Labute approximate surface area is 137 Å². The molecule has 0 saturated carbocycles. The maximum Gasteiger partial charge on any atom is 0.256 e. The van der Waals surface area contributed by atoms with E-state index in [1.165, 1.54) is 11.3 Å². The lowest BCUT2D eigenvalue weighted by Crippen LogP contribution is -2.36. The number of aryl methyl sites for hydroxylation is 2. The summed E-state index contributed by atoms with van der Waals surface area (Å²) in [4.78, 5) is 16.0. The smallest absolute Gasteiger partial charge is 0.256 e. The van der Waals surface area contributed by atoms with Gasteiger partial charge in [-0.05, 0) is 31.9 Å². The fourth-order valence-electron chi connectivity index (χ4n) is 3.01. The van der Waals surface area contributed by atoms with E-state index in [0.717, 1.165) is 21.4 Å². The number of benzene rings is 1. The summed E-state index contributed by atoms with van der Waals surface area (Å²) in [5.74, 6) is -0.838. The lowest BCUT2D eigenvalue weighted by atomic mass is 9.97. The Kier molecular flexibility index (Phi) is 3.82. The first-order valence-corrected chi connectivity index (χ1v) is 8.03. The summed E-state index contributed by atoms with van der Waals surface area (Å²) in [5.41, 5.74) is 2.00. The van der Waals surface area contributed by atoms with Crippen LogP contribution in [0.5, 0.6) is 5.75 Å². The highest BCUT2D eigenvalue weighted by Crippen LogP contribution is 2.31. The molecule has 1 N–H and O–H groups in total. The molecule has 0 bridgehead atoms.